The largest absolute Gasteiger partial charge is 0.468 e. The quantitative estimate of drug-likeness (QED) is 0.621. The van der Waals surface area contributed by atoms with Crippen molar-refractivity contribution >= 4 is 12.6 Å². The lowest BCUT2D eigenvalue weighted by molar-refractivity contribution is -0.0187. The molecule has 1 saturated heterocycles. The highest BCUT2D eigenvalue weighted by atomic mass is 32.1. The molecule has 0 aromatic carbocycles. The van der Waals surface area contributed by atoms with E-state index < -0.39 is 0 Å². The highest BCUT2D eigenvalue weighted by Gasteiger charge is 2.39. The smallest absolute Gasteiger partial charge is 0.124 e. The highest BCUT2D eigenvalue weighted by molar-refractivity contribution is 7.81. The van der Waals surface area contributed by atoms with E-state index in [-0.39, 0.29) is 4.75 Å². The molecular formula is C7H8O2S. The monoisotopic (exact) mass is 156 g/mol. The molecule has 0 radical (unpaired) electrons. The Morgan fingerprint density at radius 2 is 2.30 bits per heavy atom. The van der Waals surface area contributed by atoms with Crippen LogP contribution in [0.4, 0.5) is 0 Å². The van der Waals surface area contributed by atoms with Crippen LogP contribution >= 0.6 is 12.6 Å². The summed E-state index contributed by atoms with van der Waals surface area (Å²) in [7, 11) is 0. The summed E-state index contributed by atoms with van der Waals surface area (Å²) in [5, 5.41) is 0. The Morgan fingerprint density at radius 1 is 1.50 bits per heavy atom. The minimum absolute atomic E-state index is 0.149. The Bertz CT molecular complexity index is 214. The molecule has 1 aliphatic rings. The normalized spacial score (nSPS) is 22.1. The number of thiol groups is 1. The van der Waals surface area contributed by atoms with Gasteiger partial charge < -0.3 is 9.15 Å². The first-order valence-electron chi connectivity index (χ1n) is 3.15. The molecule has 2 rings (SSSR count). The molecule has 1 aromatic heterocycles. The van der Waals surface area contributed by atoms with Crippen LogP contribution in [0.25, 0.3) is 0 Å². The minimum Gasteiger partial charge on any atom is -0.468 e. The summed E-state index contributed by atoms with van der Waals surface area (Å²) >= 11 is 4.41. The van der Waals surface area contributed by atoms with Gasteiger partial charge in [-0.25, -0.2) is 0 Å². The number of furan rings is 1. The van der Waals surface area contributed by atoms with Crippen LogP contribution in [0.5, 0.6) is 0 Å². The molecule has 10 heavy (non-hydrogen) atoms. The maximum Gasteiger partial charge on any atom is 0.124 e. The average Bonchev–Trinajstić information content (AvgIpc) is 2.33. The molecule has 0 bridgehead atoms. The molecule has 0 aliphatic carbocycles. The van der Waals surface area contributed by atoms with Crippen LogP contribution in [0.15, 0.2) is 22.8 Å². The van der Waals surface area contributed by atoms with Crippen LogP contribution in [0.2, 0.25) is 0 Å². The van der Waals surface area contributed by atoms with Crippen molar-refractivity contribution in [3.8, 4) is 0 Å². The van der Waals surface area contributed by atoms with Crippen molar-refractivity contribution in [1.29, 1.82) is 0 Å². The van der Waals surface area contributed by atoms with Crippen molar-refractivity contribution in [2.45, 2.75) is 4.75 Å². The molecule has 1 fully saturated rings. The molecule has 1 aliphatic heterocycles. The van der Waals surface area contributed by atoms with Crippen LogP contribution in [-0.2, 0) is 9.48 Å². The number of ether oxygens (including phenoxy) is 1. The van der Waals surface area contributed by atoms with Crippen molar-refractivity contribution in [1.82, 2.24) is 0 Å². The number of hydrogen-bond acceptors (Lipinski definition) is 3. The van der Waals surface area contributed by atoms with Gasteiger partial charge in [-0.05, 0) is 12.1 Å². The van der Waals surface area contributed by atoms with Gasteiger partial charge in [0.1, 0.15) is 10.5 Å². The molecule has 0 N–H and O–H groups in total. The lowest BCUT2D eigenvalue weighted by Gasteiger charge is -2.34. The molecular weight excluding hydrogens is 148 g/mol. The van der Waals surface area contributed by atoms with E-state index in [0.29, 0.717) is 13.2 Å². The third kappa shape index (κ3) is 0.777. The molecule has 0 unspecified atom stereocenters. The van der Waals surface area contributed by atoms with Crippen LogP contribution in [-0.4, -0.2) is 13.2 Å². The van der Waals surface area contributed by atoms with Gasteiger partial charge in [0, 0.05) is 0 Å². The summed E-state index contributed by atoms with van der Waals surface area (Å²) in [4.78, 5) is 0. The van der Waals surface area contributed by atoms with Crippen molar-refractivity contribution in [2.75, 3.05) is 13.2 Å². The topological polar surface area (TPSA) is 22.4 Å². The van der Waals surface area contributed by atoms with E-state index >= 15 is 0 Å². The van der Waals surface area contributed by atoms with Gasteiger partial charge in [0.05, 0.1) is 19.5 Å². The molecule has 2 nitrogen and oxygen atoms in total. The van der Waals surface area contributed by atoms with Gasteiger partial charge in [0.25, 0.3) is 0 Å². The Labute approximate surface area is 64.6 Å². The van der Waals surface area contributed by atoms with Gasteiger partial charge in [-0.2, -0.15) is 12.6 Å². The summed E-state index contributed by atoms with van der Waals surface area (Å²) in [6, 6.07) is 3.79. The second-order valence-corrected chi connectivity index (χ2v) is 3.36. The van der Waals surface area contributed by atoms with Crippen LogP contribution < -0.4 is 0 Å². The predicted molar refractivity (Wildman–Crippen MR) is 40.2 cm³/mol. The van der Waals surface area contributed by atoms with E-state index in [9.17, 15) is 0 Å². The lowest BCUT2D eigenvalue weighted by atomic mass is 10.0. The summed E-state index contributed by atoms with van der Waals surface area (Å²) < 4.78 is 10.1. The van der Waals surface area contributed by atoms with Gasteiger partial charge in [-0.3, -0.25) is 0 Å². The molecule has 0 saturated carbocycles. The second-order valence-electron chi connectivity index (χ2n) is 2.50. The Balaban J connectivity index is 2.27. The van der Waals surface area contributed by atoms with Crippen LogP contribution in [0, 0.1) is 0 Å². The molecule has 0 atom stereocenters. The van der Waals surface area contributed by atoms with Gasteiger partial charge in [-0.1, -0.05) is 0 Å². The third-order valence-electron chi connectivity index (χ3n) is 1.66. The molecule has 0 spiro atoms. The number of rotatable bonds is 1. The summed E-state index contributed by atoms with van der Waals surface area (Å²) in [6.45, 7) is 1.31. The Morgan fingerprint density at radius 3 is 2.70 bits per heavy atom. The zero-order chi connectivity index (χ0) is 7.03. The molecule has 2 heterocycles. The highest BCUT2D eigenvalue weighted by Crippen LogP contribution is 2.35. The van der Waals surface area contributed by atoms with E-state index in [1.807, 2.05) is 12.1 Å². The van der Waals surface area contributed by atoms with Gasteiger partial charge in [0.15, 0.2) is 0 Å². The van der Waals surface area contributed by atoms with Gasteiger partial charge in [0.2, 0.25) is 0 Å². The van der Waals surface area contributed by atoms with E-state index in [1.165, 1.54) is 0 Å². The molecule has 0 amide bonds. The van der Waals surface area contributed by atoms with E-state index in [0.717, 1.165) is 5.76 Å². The zero-order valence-corrected chi connectivity index (χ0v) is 6.30. The summed E-state index contributed by atoms with van der Waals surface area (Å²) in [5.74, 6) is 0.905. The lowest BCUT2D eigenvalue weighted by Crippen LogP contribution is -2.41. The van der Waals surface area contributed by atoms with Crippen molar-refractivity contribution in [2.24, 2.45) is 0 Å². The summed E-state index contributed by atoms with van der Waals surface area (Å²) in [5.41, 5.74) is 0. The van der Waals surface area contributed by atoms with E-state index in [1.54, 1.807) is 6.26 Å². The molecule has 54 valence electrons. The first-order chi connectivity index (χ1) is 4.81. The van der Waals surface area contributed by atoms with Crippen molar-refractivity contribution < 1.29 is 9.15 Å². The predicted octanol–water partition coefficient (Wildman–Crippen LogP) is 1.43. The second kappa shape index (κ2) is 2.04. The number of hydrogen-bond donors (Lipinski definition) is 1. The molecule has 3 heteroatoms. The fourth-order valence-corrected chi connectivity index (χ4v) is 1.29. The Kier molecular flexibility index (Phi) is 1.28. The van der Waals surface area contributed by atoms with Crippen LogP contribution in [0.1, 0.15) is 5.76 Å². The van der Waals surface area contributed by atoms with E-state index in [2.05, 4.69) is 12.6 Å². The first kappa shape index (κ1) is 6.31. The minimum atomic E-state index is -0.149. The van der Waals surface area contributed by atoms with Crippen LogP contribution in [0.3, 0.4) is 0 Å². The van der Waals surface area contributed by atoms with E-state index in [4.69, 9.17) is 9.15 Å². The fourth-order valence-electron chi connectivity index (χ4n) is 0.981. The average molecular weight is 156 g/mol. The maximum absolute atomic E-state index is 5.18. The van der Waals surface area contributed by atoms with Gasteiger partial charge >= 0.3 is 0 Å². The van der Waals surface area contributed by atoms with Crippen molar-refractivity contribution in [3.63, 3.8) is 0 Å². The standard InChI is InChI=1S/C7H8O2S/c10-7(4-8-5-7)6-2-1-3-9-6/h1-3,10H,4-5H2. The first-order valence-corrected chi connectivity index (χ1v) is 3.60. The third-order valence-corrected chi connectivity index (χ3v) is 2.14. The van der Waals surface area contributed by atoms with Gasteiger partial charge in [-0.15, -0.1) is 0 Å². The zero-order valence-electron chi connectivity index (χ0n) is 5.41. The Hall–Kier alpha value is -0.410. The van der Waals surface area contributed by atoms with Crippen molar-refractivity contribution in [3.05, 3.63) is 24.2 Å². The summed E-state index contributed by atoms with van der Waals surface area (Å²) in [6.07, 6.45) is 1.66. The molecule has 1 aromatic rings. The maximum atomic E-state index is 5.18. The SMILES string of the molecule is SC1(c2ccco2)COC1. The fraction of sp³-hybridized carbons (Fsp3) is 0.429.